The van der Waals surface area contributed by atoms with E-state index in [9.17, 15) is 10.1 Å². The molecule has 2 aromatic rings. The second kappa shape index (κ2) is 8.76. The molecule has 0 saturated heterocycles. The molecule has 0 bridgehead atoms. The molecule has 0 aliphatic carbocycles. The Bertz CT molecular complexity index is 824. The number of hydrogen-bond donors (Lipinski definition) is 1. The van der Waals surface area contributed by atoms with E-state index in [2.05, 4.69) is 5.32 Å². The molecular weight excluding hydrogens is 340 g/mol. The summed E-state index contributed by atoms with van der Waals surface area (Å²) in [6, 6.07) is 13.8. The Labute approximate surface area is 151 Å². The van der Waals surface area contributed by atoms with E-state index in [1.165, 1.54) is 13.2 Å². The zero-order valence-corrected chi connectivity index (χ0v) is 14.6. The Morgan fingerprint density at radius 1 is 1.28 bits per heavy atom. The molecule has 0 unspecified atom stereocenters. The SMILES string of the molecule is CCOc1ccc(NC(=O)/C(C#N)=C\c2cc(Cl)ccc2OC)cc1. The highest BCUT2D eigenvalue weighted by atomic mass is 35.5. The van der Waals surface area contributed by atoms with E-state index >= 15 is 0 Å². The molecule has 25 heavy (non-hydrogen) atoms. The number of halogens is 1. The van der Waals surface area contributed by atoms with Gasteiger partial charge in [0.1, 0.15) is 23.1 Å². The minimum atomic E-state index is -0.520. The lowest BCUT2D eigenvalue weighted by Crippen LogP contribution is -2.13. The van der Waals surface area contributed by atoms with E-state index in [1.54, 1.807) is 42.5 Å². The van der Waals surface area contributed by atoms with E-state index in [0.29, 0.717) is 34.4 Å². The second-order valence-electron chi connectivity index (χ2n) is 4.97. The predicted octanol–water partition coefficient (Wildman–Crippen LogP) is 4.29. The fraction of sp³-hybridized carbons (Fsp3) is 0.158. The van der Waals surface area contributed by atoms with Crippen LogP contribution in [0.1, 0.15) is 12.5 Å². The van der Waals surface area contributed by atoms with Crippen LogP contribution in [0.2, 0.25) is 5.02 Å². The number of carbonyl (C=O) groups is 1. The van der Waals surface area contributed by atoms with Crippen molar-refractivity contribution in [3.63, 3.8) is 0 Å². The van der Waals surface area contributed by atoms with Crippen molar-refractivity contribution in [3.8, 4) is 17.6 Å². The highest BCUT2D eigenvalue weighted by Gasteiger charge is 2.11. The summed E-state index contributed by atoms with van der Waals surface area (Å²) < 4.78 is 10.6. The molecule has 0 fully saturated rings. The minimum Gasteiger partial charge on any atom is -0.496 e. The molecule has 0 atom stereocenters. The van der Waals surface area contributed by atoms with E-state index < -0.39 is 5.91 Å². The maximum absolute atomic E-state index is 12.3. The number of nitrogens with one attached hydrogen (secondary N) is 1. The third-order valence-corrected chi connectivity index (χ3v) is 3.51. The zero-order valence-electron chi connectivity index (χ0n) is 13.9. The van der Waals surface area contributed by atoms with Crippen LogP contribution in [0.3, 0.4) is 0 Å². The smallest absolute Gasteiger partial charge is 0.266 e. The molecule has 2 rings (SSSR count). The summed E-state index contributed by atoms with van der Waals surface area (Å²) in [5, 5.41) is 12.5. The molecular formula is C19H17ClN2O3. The summed E-state index contributed by atoms with van der Waals surface area (Å²) >= 11 is 5.97. The number of carbonyl (C=O) groups excluding carboxylic acids is 1. The summed E-state index contributed by atoms with van der Waals surface area (Å²) in [6.07, 6.45) is 1.44. The molecule has 0 aromatic heterocycles. The van der Waals surface area contributed by atoms with Gasteiger partial charge in [0.15, 0.2) is 0 Å². The zero-order chi connectivity index (χ0) is 18.2. The van der Waals surface area contributed by atoms with Gasteiger partial charge in [-0.2, -0.15) is 5.26 Å². The standard InChI is InChI=1S/C19H17ClN2O3/c1-3-25-17-7-5-16(6-8-17)22-19(23)14(12-21)10-13-11-15(20)4-9-18(13)24-2/h4-11H,3H2,1-2H3,(H,22,23)/b14-10-. The van der Waals surface area contributed by atoms with E-state index in [4.69, 9.17) is 21.1 Å². The van der Waals surface area contributed by atoms with Crippen molar-refractivity contribution in [2.45, 2.75) is 6.92 Å². The van der Waals surface area contributed by atoms with Gasteiger partial charge >= 0.3 is 0 Å². The maximum atomic E-state index is 12.3. The average molecular weight is 357 g/mol. The summed E-state index contributed by atoms with van der Waals surface area (Å²) in [6.45, 7) is 2.46. The molecule has 0 heterocycles. The number of rotatable bonds is 6. The largest absolute Gasteiger partial charge is 0.496 e. The molecule has 5 nitrogen and oxygen atoms in total. The van der Waals surface area contributed by atoms with Gasteiger partial charge in [-0.15, -0.1) is 0 Å². The normalized spacial score (nSPS) is 10.7. The monoisotopic (exact) mass is 356 g/mol. The predicted molar refractivity (Wildman–Crippen MR) is 97.8 cm³/mol. The lowest BCUT2D eigenvalue weighted by atomic mass is 10.1. The number of hydrogen-bond acceptors (Lipinski definition) is 4. The van der Waals surface area contributed by atoms with Crippen LogP contribution in [0.5, 0.6) is 11.5 Å². The van der Waals surface area contributed by atoms with Crippen LogP contribution in [0.15, 0.2) is 48.0 Å². The molecule has 0 radical (unpaired) electrons. The van der Waals surface area contributed by atoms with Crippen LogP contribution in [-0.4, -0.2) is 19.6 Å². The van der Waals surface area contributed by atoms with Gasteiger partial charge in [0.05, 0.1) is 13.7 Å². The van der Waals surface area contributed by atoms with Gasteiger partial charge in [0, 0.05) is 16.3 Å². The van der Waals surface area contributed by atoms with Gasteiger partial charge < -0.3 is 14.8 Å². The molecule has 6 heteroatoms. The molecule has 2 aromatic carbocycles. The van der Waals surface area contributed by atoms with Crippen LogP contribution in [-0.2, 0) is 4.79 Å². The molecule has 0 aliphatic rings. The fourth-order valence-corrected chi connectivity index (χ4v) is 2.30. The van der Waals surface area contributed by atoms with Crippen LogP contribution in [0.25, 0.3) is 6.08 Å². The maximum Gasteiger partial charge on any atom is 0.266 e. The Kier molecular flexibility index (Phi) is 6.44. The first-order chi connectivity index (χ1) is 12.1. The van der Waals surface area contributed by atoms with E-state index in [1.807, 2.05) is 13.0 Å². The van der Waals surface area contributed by atoms with Crippen LogP contribution in [0, 0.1) is 11.3 Å². The van der Waals surface area contributed by atoms with Gasteiger partial charge in [0.25, 0.3) is 5.91 Å². The average Bonchev–Trinajstić information content (AvgIpc) is 2.61. The van der Waals surface area contributed by atoms with E-state index in [0.717, 1.165) is 0 Å². The summed E-state index contributed by atoms with van der Waals surface area (Å²) in [7, 11) is 1.51. The van der Waals surface area contributed by atoms with Gasteiger partial charge in [-0.05, 0) is 55.5 Å². The highest BCUT2D eigenvalue weighted by Crippen LogP contribution is 2.25. The molecule has 1 N–H and O–H groups in total. The molecule has 0 spiro atoms. The third-order valence-electron chi connectivity index (χ3n) is 3.28. The minimum absolute atomic E-state index is 0.0607. The van der Waals surface area contributed by atoms with Crippen LogP contribution < -0.4 is 14.8 Å². The second-order valence-corrected chi connectivity index (χ2v) is 5.40. The van der Waals surface area contributed by atoms with Gasteiger partial charge in [-0.25, -0.2) is 0 Å². The molecule has 0 saturated carbocycles. The van der Waals surface area contributed by atoms with Gasteiger partial charge in [-0.1, -0.05) is 11.6 Å². The van der Waals surface area contributed by atoms with Crippen molar-refractivity contribution in [1.29, 1.82) is 5.26 Å². The van der Waals surface area contributed by atoms with E-state index in [-0.39, 0.29) is 5.57 Å². The van der Waals surface area contributed by atoms with Crippen molar-refractivity contribution in [3.05, 3.63) is 58.6 Å². The van der Waals surface area contributed by atoms with Crippen molar-refractivity contribution in [1.82, 2.24) is 0 Å². The first-order valence-corrected chi connectivity index (χ1v) is 7.94. The summed E-state index contributed by atoms with van der Waals surface area (Å²) in [5.74, 6) is 0.708. The quantitative estimate of drug-likeness (QED) is 0.619. The first kappa shape index (κ1) is 18.4. The van der Waals surface area contributed by atoms with Gasteiger partial charge in [0.2, 0.25) is 0 Å². The van der Waals surface area contributed by atoms with Crippen LogP contribution in [0.4, 0.5) is 5.69 Å². The topological polar surface area (TPSA) is 71.3 Å². The number of nitrogens with zero attached hydrogens (tertiary/aromatic N) is 1. The highest BCUT2D eigenvalue weighted by molar-refractivity contribution is 6.30. The number of ether oxygens (including phenoxy) is 2. The number of nitriles is 1. The molecule has 1 amide bonds. The van der Waals surface area contributed by atoms with Crippen molar-refractivity contribution in [2.75, 3.05) is 19.0 Å². The van der Waals surface area contributed by atoms with Crippen molar-refractivity contribution < 1.29 is 14.3 Å². The molecule has 128 valence electrons. The van der Waals surface area contributed by atoms with Crippen LogP contribution >= 0.6 is 11.6 Å². The van der Waals surface area contributed by atoms with Gasteiger partial charge in [-0.3, -0.25) is 4.79 Å². The number of amides is 1. The van der Waals surface area contributed by atoms with Crippen molar-refractivity contribution in [2.24, 2.45) is 0 Å². The number of methoxy groups -OCH3 is 1. The summed E-state index contributed by atoms with van der Waals surface area (Å²) in [4.78, 5) is 12.3. The number of anilines is 1. The third kappa shape index (κ3) is 5.00. The lowest BCUT2D eigenvalue weighted by Gasteiger charge is -2.08. The lowest BCUT2D eigenvalue weighted by molar-refractivity contribution is -0.112. The fourth-order valence-electron chi connectivity index (χ4n) is 2.12. The Morgan fingerprint density at radius 2 is 2.00 bits per heavy atom. The number of benzene rings is 2. The Hall–Kier alpha value is -2.97. The first-order valence-electron chi connectivity index (χ1n) is 7.57. The molecule has 0 aliphatic heterocycles. The Balaban J connectivity index is 2.21. The van der Waals surface area contributed by atoms with Crippen molar-refractivity contribution >= 4 is 29.3 Å². The summed E-state index contributed by atoms with van der Waals surface area (Å²) in [5.41, 5.74) is 1.05. The Morgan fingerprint density at radius 3 is 2.60 bits per heavy atom.